The number of hydrogen-bond donors (Lipinski definition) is 1. The zero-order valence-electron chi connectivity index (χ0n) is 11.5. The van der Waals surface area contributed by atoms with E-state index in [1.165, 1.54) is 0 Å². The average molecular weight is 321 g/mol. The molecule has 5 nitrogen and oxygen atoms in total. The van der Waals surface area contributed by atoms with Crippen LogP contribution in [0.3, 0.4) is 0 Å². The van der Waals surface area contributed by atoms with Crippen molar-refractivity contribution >= 4 is 27.5 Å². The Labute approximate surface area is 125 Å². The van der Waals surface area contributed by atoms with E-state index < -0.39 is 10.0 Å². The van der Waals surface area contributed by atoms with Gasteiger partial charge in [-0.3, -0.25) is 4.79 Å². The van der Waals surface area contributed by atoms with Gasteiger partial charge in [0.1, 0.15) is 0 Å². The Morgan fingerprint density at radius 1 is 1.30 bits per heavy atom. The first-order valence-corrected chi connectivity index (χ1v) is 9.02. The van der Waals surface area contributed by atoms with E-state index >= 15 is 0 Å². The predicted octanol–water partition coefficient (Wildman–Crippen LogP) is 1.45. The van der Waals surface area contributed by atoms with Crippen molar-refractivity contribution in [3.8, 4) is 0 Å². The van der Waals surface area contributed by atoms with Gasteiger partial charge in [-0.15, -0.1) is 0 Å². The van der Waals surface area contributed by atoms with E-state index in [1.807, 2.05) is 0 Å². The first kappa shape index (κ1) is 15.8. The average Bonchev–Trinajstić information content (AvgIpc) is 2.95. The molecule has 1 saturated heterocycles. The molecule has 114 valence electrons. The lowest BCUT2D eigenvalue weighted by Crippen LogP contribution is -2.40. The van der Waals surface area contributed by atoms with Crippen LogP contribution in [0.25, 0.3) is 0 Å². The maximum Gasteiger partial charge on any atom is 0.225 e. The highest BCUT2D eigenvalue weighted by Gasteiger charge is 2.33. The van der Waals surface area contributed by atoms with Gasteiger partial charge in [0.25, 0.3) is 0 Å². The SMILES string of the molecule is C=C(Cl)CS(=O)(=O)N[C@@H]1CCN(C(=O)C2CCCC2)C1. The van der Waals surface area contributed by atoms with Gasteiger partial charge in [0.2, 0.25) is 15.9 Å². The van der Waals surface area contributed by atoms with E-state index in [2.05, 4.69) is 11.3 Å². The fraction of sp³-hybridized carbons (Fsp3) is 0.769. The van der Waals surface area contributed by atoms with E-state index in [4.69, 9.17) is 11.6 Å². The smallest absolute Gasteiger partial charge is 0.225 e. The summed E-state index contributed by atoms with van der Waals surface area (Å²) in [6.07, 6.45) is 4.85. The highest BCUT2D eigenvalue weighted by atomic mass is 35.5. The third-order valence-electron chi connectivity index (χ3n) is 3.90. The van der Waals surface area contributed by atoms with Gasteiger partial charge in [-0.05, 0) is 19.3 Å². The van der Waals surface area contributed by atoms with Crippen LogP contribution in [0, 0.1) is 5.92 Å². The van der Waals surface area contributed by atoms with Crippen molar-refractivity contribution in [1.29, 1.82) is 0 Å². The zero-order chi connectivity index (χ0) is 14.8. The Morgan fingerprint density at radius 3 is 2.55 bits per heavy atom. The molecule has 1 heterocycles. The van der Waals surface area contributed by atoms with E-state index in [0.717, 1.165) is 25.7 Å². The molecule has 1 aliphatic heterocycles. The minimum Gasteiger partial charge on any atom is -0.341 e. The van der Waals surface area contributed by atoms with Gasteiger partial charge in [0.15, 0.2) is 0 Å². The maximum atomic E-state index is 12.3. The van der Waals surface area contributed by atoms with Crippen LogP contribution in [0.1, 0.15) is 32.1 Å². The fourth-order valence-corrected chi connectivity index (χ4v) is 4.62. The second-order valence-corrected chi connectivity index (χ2v) is 7.93. The minimum absolute atomic E-state index is 0.0920. The molecule has 0 radical (unpaired) electrons. The van der Waals surface area contributed by atoms with Crippen molar-refractivity contribution in [3.05, 3.63) is 11.6 Å². The van der Waals surface area contributed by atoms with E-state index in [9.17, 15) is 13.2 Å². The van der Waals surface area contributed by atoms with E-state index in [1.54, 1.807) is 4.90 Å². The summed E-state index contributed by atoms with van der Waals surface area (Å²) in [6.45, 7) is 4.48. The van der Waals surface area contributed by atoms with Crippen molar-refractivity contribution in [1.82, 2.24) is 9.62 Å². The predicted molar refractivity (Wildman–Crippen MR) is 78.9 cm³/mol. The summed E-state index contributed by atoms with van der Waals surface area (Å²) in [5, 5.41) is 0.0920. The molecule has 2 fully saturated rings. The molecular weight excluding hydrogens is 300 g/mol. The van der Waals surface area contributed by atoms with Crippen molar-refractivity contribution < 1.29 is 13.2 Å². The molecule has 1 saturated carbocycles. The lowest BCUT2D eigenvalue weighted by molar-refractivity contribution is -0.134. The largest absolute Gasteiger partial charge is 0.341 e. The number of halogens is 1. The zero-order valence-corrected chi connectivity index (χ0v) is 13.0. The molecule has 0 aromatic carbocycles. The second-order valence-electron chi connectivity index (χ2n) is 5.65. The first-order chi connectivity index (χ1) is 9.37. The number of rotatable bonds is 5. The molecule has 1 amide bonds. The van der Waals surface area contributed by atoms with Gasteiger partial charge < -0.3 is 4.90 Å². The molecule has 0 aromatic rings. The Hall–Kier alpha value is -0.590. The Morgan fingerprint density at radius 2 is 1.95 bits per heavy atom. The molecule has 2 rings (SSSR count). The van der Waals surface area contributed by atoms with Crippen molar-refractivity contribution in [2.45, 2.75) is 38.1 Å². The fourth-order valence-electron chi connectivity index (χ4n) is 2.99. The van der Waals surface area contributed by atoms with Crippen LogP contribution in [0.15, 0.2) is 11.6 Å². The molecule has 1 N–H and O–H groups in total. The summed E-state index contributed by atoms with van der Waals surface area (Å²) in [6, 6.07) is -0.207. The van der Waals surface area contributed by atoms with Crippen molar-refractivity contribution in [3.63, 3.8) is 0 Å². The van der Waals surface area contributed by atoms with Crippen LogP contribution in [0.5, 0.6) is 0 Å². The minimum atomic E-state index is -3.45. The quantitative estimate of drug-likeness (QED) is 0.833. The van der Waals surface area contributed by atoms with Crippen LogP contribution in [0.4, 0.5) is 0 Å². The Bertz CT molecular complexity index is 486. The van der Waals surface area contributed by atoms with Gasteiger partial charge in [-0.2, -0.15) is 0 Å². The standard InChI is InChI=1S/C13H21ClN2O3S/c1-10(14)9-20(18,19)15-12-6-7-16(8-12)13(17)11-4-2-3-5-11/h11-12,15H,1-9H2/t12-/m1/s1. The van der Waals surface area contributed by atoms with E-state index in [-0.39, 0.29) is 28.7 Å². The number of nitrogens with one attached hydrogen (secondary N) is 1. The van der Waals surface area contributed by atoms with Crippen LogP contribution in [0.2, 0.25) is 0 Å². The van der Waals surface area contributed by atoms with Crippen LogP contribution in [-0.4, -0.2) is 44.1 Å². The molecule has 20 heavy (non-hydrogen) atoms. The summed E-state index contributed by atoms with van der Waals surface area (Å²) in [5.41, 5.74) is 0. The summed E-state index contributed by atoms with van der Waals surface area (Å²) in [7, 11) is -3.45. The van der Waals surface area contributed by atoms with Crippen LogP contribution < -0.4 is 4.72 Å². The normalized spacial score (nSPS) is 24.2. The highest BCUT2D eigenvalue weighted by molar-refractivity contribution is 7.89. The number of sulfonamides is 1. The second kappa shape index (κ2) is 6.45. The molecule has 1 aliphatic carbocycles. The summed E-state index contributed by atoms with van der Waals surface area (Å²) < 4.78 is 26.1. The molecule has 2 aliphatic rings. The summed E-state index contributed by atoms with van der Waals surface area (Å²) in [5.74, 6) is 0.0562. The lowest BCUT2D eigenvalue weighted by atomic mass is 10.1. The van der Waals surface area contributed by atoms with Crippen LogP contribution in [-0.2, 0) is 14.8 Å². The van der Waals surface area contributed by atoms with Gasteiger partial charge in [-0.1, -0.05) is 31.0 Å². The number of carbonyl (C=O) groups excluding carboxylic acids is 1. The number of nitrogens with zero attached hydrogens (tertiary/aromatic N) is 1. The maximum absolute atomic E-state index is 12.3. The molecule has 1 atom stereocenters. The Kier molecular flexibility index (Phi) is 5.09. The van der Waals surface area contributed by atoms with E-state index in [0.29, 0.717) is 19.5 Å². The van der Waals surface area contributed by atoms with Gasteiger partial charge in [-0.25, -0.2) is 13.1 Å². The first-order valence-electron chi connectivity index (χ1n) is 6.99. The highest BCUT2D eigenvalue weighted by Crippen LogP contribution is 2.27. The topological polar surface area (TPSA) is 66.5 Å². The van der Waals surface area contributed by atoms with Gasteiger partial charge in [0, 0.05) is 30.1 Å². The van der Waals surface area contributed by atoms with Gasteiger partial charge >= 0.3 is 0 Å². The number of likely N-dealkylation sites (tertiary alicyclic amines) is 1. The van der Waals surface area contributed by atoms with Crippen LogP contribution >= 0.6 is 11.6 Å². The van der Waals surface area contributed by atoms with Gasteiger partial charge in [0.05, 0.1) is 5.75 Å². The number of carbonyl (C=O) groups is 1. The molecule has 0 aromatic heterocycles. The lowest BCUT2D eigenvalue weighted by Gasteiger charge is -2.20. The third kappa shape index (κ3) is 4.20. The Balaban J connectivity index is 1.86. The summed E-state index contributed by atoms with van der Waals surface area (Å²) >= 11 is 5.53. The van der Waals surface area contributed by atoms with Crippen molar-refractivity contribution in [2.24, 2.45) is 5.92 Å². The molecule has 0 bridgehead atoms. The number of hydrogen-bond acceptors (Lipinski definition) is 3. The number of amides is 1. The monoisotopic (exact) mass is 320 g/mol. The molecule has 0 spiro atoms. The summed E-state index contributed by atoms with van der Waals surface area (Å²) in [4.78, 5) is 14.0. The molecular formula is C13H21ClN2O3S. The molecule has 7 heteroatoms. The molecule has 0 unspecified atom stereocenters. The third-order valence-corrected chi connectivity index (χ3v) is 5.61. The van der Waals surface area contributed by atoms with Crippen molar-refractivity contribution in [2.75, 3.05) is 18.8 Å².